The second-order valence-corrected chi connectivity index (χ2v) is 5.70. The summed E-state index contributed by atoms with van der Waals surface area (Å²) >= 11 is 0. The number of sulfone groups is 1. The van der Waals surface area contributed by atoms with Crippen LogP contribution in [0.15, 0.2) is 29.2 Å². The summed E-state index contributed by atoms with van der Waals surface area (Å²) < 4.78 is 46.8. The van der Waals surface area contributed by atoms with Crippen LogP contribution in [0.2, 0.25) is 0 Å². The minimum absolute atomic E-state index is 0.243. The molecule has 0 amide bonds. The maximum absolute atomic E-state index is 12.3. The SMILES string of the molecule is CCC(C)Nc1ccc(S(=O)(=O)C(F)F)cc1. The summed E-state index contributed by atoms with van der Waals surface area (Å²) in [5.74, 6) is -3.38. The molecule has 0 heterocycles. The van der Waals surface area contributed by atoms with E-state index < -0.39 is 15.6 Å². The van der Waals surface area contributed by atoms with Crippen LogP contribution in [0, 0.1) is 0 Å². The Morgan fingerprint density at radius 3 is 2.18 bits per heavy atom. The zero-order valence-electron chi connectivity index (χ0n) is 9.65. The van der Waals surface area contributed by atoms with E-state index in [0.717, 1.165) is 6.42 Å². The number of halogens is 2. The molecule has 1 rings (SSSR count). The van der Waals surface area contributed by atoms with Crippen molar-refractivity contribution in [2.45, 2.75) is 37.0 Å². The molecule has 17 heavy (non-hydrogen) atoms. The molecule has 0 radical (unpaired) electrons. The molecule has 0 saturated heterocycles. The molecule has 0 spiro atoms. The van der Waals surface area contributed by atoms with Gasteiger partial charge in [-0.3, -0.25) is 0 Å². The van der Waals surface area contributed by atoms with Gasteiger partial charge in [0, 0.05) is 11.7 Å². The summed E-state index contributed by atoms with van der Waals surface area (Å²) in [4.78, 5) is -0.359. The van der Waals surface area contributed by atoms with Crippen LogP contribution in [-0.4, -0.2) is 20.2 Å². The van der Waals surface area contributed by atoms with Gasteiger partial charge in [-0.05, 0) is 37.6 Å². The highest BCUT2D eigenvalue weighted by Gasteiger charge is 2.26. The van der Waals surface area contributed by atoms with E-state index >= 15 is 0 Å². The normalized spacial score (nSPS) is 13.7. The maximum atomic E-state index is 12.3. The molecule has 0 aliphatic heterocycles. The van der Waals surface area contributed by atoms with Gasteiger partial charge in [-0.2, -0.15) is 8.78 Å². The molecule has 1 unspecified atom stereocenters. The van der Waals surface area contributed by atoms with Crippen molar-refractivity contribution in [1.29, 1.82) is 0 Å². The Labute approximate surface area is 99.8 Å². The quantitative estimate of drug-likeness (QED) is 0.888. The first-order valence-corrected chi connectivity index (χ1v) is 6.81. The van der Waals surface area contributed by atoms with Crippen LogP contribution in [0.1, 0.15) is 20.3 Å². The predicted molar refractivity (Wildman–Crippen MR) is 63.0 cm³/mol. The van der Waals surface area contributed by atoms with Crippen molar-refractivity contribution in [2.75, 3.05) is 5.32 Å². The van der Waals surface area contributed by atoms with Gasteiger partial charge in [0.1, 0.15) is 0 Å². The van der Waals surface area contributed by atoms with Crippen molar-refractivity contribution >= 4 is 15.5 Å². The molecule has 1 aromatic carbocycles. The maximum Gasteiger partial charge on any atom is 0.341 e. The molecule has 6 heteroatoms. The molecule has 0 saturated carbocycles. The molecule has 0 fully saturated rings. The number of alkyl halides is 2. The number of benzene rings is 1. The number of hydrogen-bond donors (Lipinski definition) is 1. The van der Waals surface area contributed by atoms with Gasteiger partial charge in [-0.25, -0.2) is 8.42 Å². The number of anilines is 1. The Balaban J connectivity index is 2.89. The molecular formula is C11H15F2NO2S. The van der Waals surface area contributed by atoms with E-state index in [0.29, 0.717) is 5.69 Å². The van der Waals surface area contributed by atoms with Gasteiger partial charge in [0.05, 0.1) is 4.90 Å². The molecule has 0 bridgehead atoms. The van der Waals surface area contributed by atoms with Gasteiger partial charge in [0.25, 0.3) is 0 Å². The third-order valence-corrected chi connectivity index (χ3v) is 3.84. The summed E-state index contributed by atoms with van der Waals surface area (Å²) in [7, 11) is -4.49. The Morgan fingerprint density at radius 1 is 1.24 bits per heavy atom. The minimum Gasteiger partial charge on any atom is -0.383 e. The van der Waals surface area contributed by atoms with Gasteiger partial charge in [-0.1, -0.05) is 6.92 Å². The van der Waals surface area contributed by atoms with Crippen molar-refractivity contribution in [2.24, 2.45) is 0 Å². The monoisotopic (exact) mass is 263 g/mol. The fourth-order valence-corrected chi connectivity index (χ4v) is 1.95. The lowest BCUT2D eigenvalue weighted by atomic mass is 10.2. The van der Waals surface area contributed by atoms with Crippen LogP contribution in [0.3, 0.4) is 0 Å². The first kappa shape index (κ1) is 13.9. The fourth-order valence-electron chi connectivity index (χ4n) is 1.23. The number of hydrogen-bond acceptors (Lipinski definition) is 3. The number of nitrogens with one attached hydrogen (secondary N) is 1. The lowest BCUT2D eigenvalue weighted by Crippen LogP contribution is -2.14. The first-order chi connectivity index (χ1) is 7.87. The molecule has 3 nitrogen and oxygen atoms in total. The smallest absolute Gasteiger partial charge is 0.341 e. The third-order valence-electron chi connectivity index (χ3n) is 2.44. The highest BCUT2D eigenvalue weighted by Crippen LogP contribution is 2.20. The van der Waals surface area contributed by atoms with Crippen molar-refractivity contribution < 1.29 is 17.2 Å². The highest BCUT2D eigenvalue weighted by molar-refractivity contribution is 7.91. The molecule has 1 N–H and O–H groups in total. The molecule has 1 atom stereocenters. The summed E-state index contributed by atoms with van der Waals surface area (Å²) in [5.41, 5.74) is 0.715. The summed E-state index contributed by atoms with van der Waals surface area (Å²) in [6.45, 7) is 3.98. The standard InChI is InChI=1S/C11H15F2NO2S/c1-3-8(2)14-9-4-6-10(7-5-9)17(15,16)11(12)13/h4-8,11,14H,3H2,1-2H3. The van der Waals surface area contributed by atoms with E-state index in [-0.39, 0.29) is 10.9 Å². The zero-order chi connectivity index (χ0) is 13.1. The molecule has 0 aliphatic rings. The van der Waals surface area contributed by atoms with E-state index in [1.165, 1.54) is 24.3 Å². The van der Waals surface area contributed by atoms with E-state index in [4.69, 9.17) is 0 Å². The minimum atomic E-state index is -4.49. The van der Waals surface area contributed by atoms with Crippen LogP contribution in [-0.2, 0) is 9.84 Å². The average molecular weight is 263 g/mol. The Hall–Kier alpha value is -1.17. The lowest BCUT2D eigenvalue weighted by molar-refractivity contribution is 0.234. The van der Waals surface area contributed by atoms with Crippen molar-refractivity contribution in [3.8, 4) is 0 Å². The summed E-state index contributed by atoms with van der Waals surface area (Å²) in [6.07, 6.45) is 0.914. The summed E-state index contributed by atoms with van der Waals surface area (Å²) in [6, 6.07) is 5.59. The Bertz CT molecular complexity index is 457. The third kappa shape index (κ3) is 3.39. The molecule has 1 aromatic rings. The van der Waals surface area contributed by atoms with Gasteiger partial charge in [-0.15, -0.1) is 0 Å². The van der Waals surface area contributed by atoms with Crippen LogP contribution < -0.4 is 5.32 Å². The van der Waals surface area contributed by atoms with Gasteiger partial charge in [0.2, 0.25) is 9.84 Å². The molecule has 96 valence electrons. The van der Waals surface area contributed by atoms with Gasteiger partial charge in [0.15, 0.2) is 0 Å². The van der Waals surface area contributed by atoms with E-state index in [2.05, 4.69) is 5.32 Å². The second kappa shape index (κ2) is 5.44. The highest BCUT2D eigenvalue weighted by atomic mass is 32.2. The van der Waals surface area contributed by atoms with Crippen molar-refractivity contribution in [3.63, 3.8) is 0 Å². The summed E-state index contributed by atoms with van der Waals surface area (Å²) in [5, 5.41) is 3.12. The Morgan fingerprint density at radius 2 is 1.76 bits per heavy atom. The predicted octanol–water partition coefficient (Wildman–Crippen LogP) is 2.89. The van der Waals surface area contributed by atoms with Crippen LogP contribution >= 0.6 is 0 Å². The van der Waals surface area contributed by atoms with Gasteiger partial charge < -0.3 is 5.32 Å². The fraction of sp³-hybridized carbons (Fsp3) is 0.455. The van der Waals surface area contributed by atoms with Crippen molar-refractivity contribution in [3.05, 3.63) is 24.3 Å². The molecule has 0 aliphatic carbocycles. The zero-order valence-corrected chi connectivity index (χ0v) is 10.5. The largest absolute Gasteiger partial charge is 0.383 e. The van der Waals surface area contributed by atoms with E-state index in [1.807, 2.05) is 13.8 Å². The first-order valence-electron chi connectivity index (χ1n) is 5.26. The Kier molecular flexibility index (Phi) is 4.45. The van der Waals surface area contributed by atoms with E-state index in [9.17, 15) is 17.2 Å². The molecule has 0 aromatic heterocycles. The lowest BCUT2D eigenvalue weighted by Gasteiger charge is -2.13. The van der Waals surface area contributed by atoms with E-state index in [1.54, 1.807) is 0 Å². The van der Waals surface area contributed by atoms with Gasteiger partial charge >= 0.3 is 5.76 Å². The topological polar surface area (TPSA) is 46.2 Å². The second-order valence-electron chi connectivity index (χ2n) is 3.78. The number of rotatable bonds is 5. The van der Waals surface area contributed by atoms with Crippen LogP contribution in [0.5, 0.6) is 0 Å². The van der Waals surface area contributed by atoms with Crippen LogP contribution in [0.4, 0.5) is 14.5 Å². The molecular weight excluding hydrogens is 248 g/mol. The van der Waals surface area contributed by atoms with Crippen molar-refractivity contribution in [1.82, 2.24) is 0 Å². The average Bonchev–Trinajstić information content (AvgIpc) is 2.29. The van der Waals surface area contributed by atoms with Crippen LogP contribution in [0.25, 0.3) is 0 Å².